The van der Waals surface area contributed by atoms with Crippen LogP contribution in [0, 0.1) is 5.92 Å². The molecule has 0 aromatic heterocycles. The largest absolute Gasteiger partial charge is 0.493 e. The van der Waals surface area contributed by atoms with E-state index in [2.05, 4.69) is 15.6 Å². The molecule has 0 saturated heterocycles. The summed E-state index contributed by atoms with van der Waals surface area (Å²) < 4.78 is 29.1. The molecule has 26 heavy (non-hydrogen) atoms. The Bertz CT molecular complexity index is 676. The van der Waals surface area contributed by atoms with Crippen molar-refractivity contribution in [2.75, 3.05) is 31.2 Å². The molecule has 2 N–H and O–H groups in total. The normalized spacial score (nSPS) is 14.5. The number of hydrogen-bond acceptors (Lipinski definition) is 4. The van der Waals surface area contributed by atoms with E-state index in [-0.39, 0.29) is 35.5 Å². The second-order valence-corrected chi connectivity index (χ2v) is 8.69. The summed E-state index contributed by atoms with van der Waals surface area (Å²) in [5, 5.41) is 6.22. The first-order chi connectivity index (χ1) is 12.0. The molecule has 0 heterocycles. The van der Waals surface area contributed by atoms with Crippen LogP contribution in [0.25, 0.3) is 0 Å². The molecule has 0 spiro atoms. The Labute approximate surface area is 174 Å². The minimum Gasteiger partial charge on any atom is -0.493 e. The first-order valence-electron chi connectivity index (χ1n) is 8.97. The number of para-hydroxylation sites is 1. The lowest BCUT2D eigenvalue weighted by Crippen LogP contribution is -2.39. The van der Waals surface area contributed by atoms with Crippen molar-refractivity contribution >= 4 is 39.8 Å². The van der Waals surface area contributed by atoms with E-state index in [4.69, 9.17) is 4.74 Å². The van der Waals surface area contributed by atoms with Gasteiger partial charge in [0.05, 0.1) is 18.9 Å². The van der Waals surface area contributed by atoms with E-state index in [1.54, 1.807) is 6.92 Å². The number of aliphatic imine (C=N–C) groups is 1. The van der Waals surface area contributed by atoms with E-state index < -0.39 is 9.84 Å². The van der Waals surface area contributed by atoms with Gasteiger partial charge in [-0.3, -0.25) is 0 Å². The highest BCUT2D eigenvalue weighted by Crippen LogP contribution is 2.30. The minimum absolute atomic E-state index is 0. The summed E-state index contributed by atoms with van der Waals surface area (Å²) in [6, 6.07) is 7.93. The summed E-state index contributed by atoms with van der Waals surface area (Å²) in [6.45, 7) is 5.96. The highest BCUT2D eigenvalue weighted by atomic mass is 127. The van der Waals surface area contributed by atoms with E-state index >= 15 is 0 Å². The Morgan fingerprint density at radius 2 is 1.96 bits per heavy atom. The molecule has 1 aromatic carbocycles. The first-order valence-corrected chi connectivity index (χ1v) is 10.8. The molecule has 6 nitrogen and oxygen atoms in total. The number of guanidine groups is 1. The zero-order valence-corrected chi connectivity index (χ0v) is 18.7. The molecule has 2 rings (SSSR count). The predicted octanol–water partition coefficient (Wildman–Crippen LogP) is 2.58. The number of halogens is 1. The molecule has 0 aliphatic heterocycles. The molecular formula is C18H30IN3O3S. The van der Waals surface area contributed by atoms with E-state index in [1.165, 1.54) is 12.8 Å². The summed E-state index contributed by atoms with van der Waals surface area (Å²) in [5.41, 5.74) is 1.03. The molecule has 1 fully saturated rings. The van der Waals surface area contributed by atoms with Crippen molar-refractivity contribution in [1.29, 1.82) is 0 Å². The van der Waals surface area contributed by atoms with Crippen LogP contribution in [0.5, 0.6) is 5.75 Å². The van der Waals surface area contributed by atoms with Crippen LogP contribution in [0.1, 0.15) is 32.3 Å². The van der Waals surface area contributed by atoms with E-state index in [1.807, 2.05) is 31.2 Å². The average Bonchev–Trinajstić information content (AvgIpc) is 3.43. The van der Waals surface area contributed by atoms with Crippen LogP contribution in [0.4, 0.5) is 0 Å². The van der Waals surface area contributed by atoms with Crippen molar-refractivity contribution in [3.8, 4) is 5.75 Å². The van der Waals surface area contributed by atoms with Gasteiger partial charge in [-0.1, -0.05) is 25.1 Å². The Morgan fingerprint density at radius 3 is 2.62 bits per heavy atom. The van der Waals surface area contributed by atoms with Crippen LogP contribution in [-0.2, 0) is 16.4 Å². The first kappa shape index (κ1) is 23.0. The van der Waals surface area contributed by atoms with Crippen molar-refractivity contribution < 1.29 is 13.2 Å². The zero-order valence-electron chi connectivity index (χ0n) is 15.5. The number of ether oxygens (including phenoxy) is 1. The summed E-state index contributed by atoms with van der Waals surface area (Å²) in [5.74, 6) is 2.47. The average molecular weight is 495 g/mol. The highest BCUT2D eigenvalue weighted by Gasteiger charge is 2.22. The number of hydrogen-bond donors (Lipinski definition) is 2. The van der Waals surface area contributed by atoms with Gasteiger partial charge >= 0.3 is 0 Å². The van der Waals surface area contributed by atoms with Crippen molar-refractivity contribution in [2.45, 2.75) is 33.2 Å². The Morgan fingerprint density at radius 1 is 1.23 bits per heavy atom. The number of benzene rings is 1. The molecule has 0 atom stereocenters. The topological polar surface area (TPSA) is 79.8 Å². The van der Waals surface area contributed by atoms with Crippen LogP contribution < -0.4 is 15.4 Å². The third-order valence-electron chi connectivity index (χ3n) is 4.04. The number of sulfone groups is 1. The van der Waals surface area contributed by atoms with E-state index in [0.29, 0.717) is 31.5 Å². The lowest BCUT2D eigenvalue weighted by atomic mass is 10.2. The van der Waals surface area contributed by atoms with Gasteiger partial charge in [-0.2, -0.15) is 0 Å². The van der Waals surface area contributed by atoms with Gasteiger partial charge in [0.2, 0.25) is 0 Å². The van der Waals surface area contributed by atoms with Crippen LogP contribution in [0.3, 0.4) is 0 Å². The van der Waals surface area contributed by atoms with Gasteiger partial charge in [0.1, 0.15) is 5.75 Å². The molecule has 1 aromatic rings. The third-order valence-corrected chi connectivity index (χ3v) is 5.75. The van der Waals surface area contributed by atoms with E-state index in [0.717, 1.165) is 17.9 Å². The Balaban J connectivity index is 0.00000338. The van der Waals surface area contributed by atoms with E-state index in [9.17, 15) is 8.42 Å². The zero-order chi connectivity index (χ0) is 18.1. The maximum Gasteiger partial charge on any atom is 0.191 e. The fraction of sp³-hybridized carbons (Fsp3) is 0.611. The second kappa shape index (κ2) is 11.6. The van der Waals surface area contributed by atoms with Crippen LogP contribution in [-0.4, -0.2) is 45.6 Å². The number of nitrogens with one attached hydrogen (secondary N) is 2. The van der Waals surface area contributed by atoms with Crippen LogP contribution in [0.2, 0.25) is 0 Å². The molecule has 1 aliphatic rings. The number of rotatable bonds is 10. The Hall–Kier alpha value is -1.03. The molecule has 0 amide bonds. The molecule has 1 saturated carbocycles. The lowest BCUT2D eigenvalue weighted by molar-refractivity contribution is 0.297. The van der Waals surface area contributed by atoms with Gasteiger partial charge in [0, 0.05) is 24.4 Å². The number of nitrogens with zero attached hydrogens (tertiary/aromatic N) is 1. The molecule has 8 heteroatoms. The molecular weight excluding hydrogens is 465 g/mol. The van der Waals surface area contributed by atoms with Crippen LogP contribution in [0.15, 0.2) is 29.3 Å². The summed E-state index contributed by atoms with van der Waals surface area (Å²) in [7, 11) is -2.98. The van der Waals surface area contributed by atoms with Gasteiger partial charge in [0.25, 0.3) is 0 Å². The summed E-state index contributed by atoms with van der Waals surface area (Å²) in [6.07, 6.45) is 2.52. The molecule has 1 aliphatic carbocycles. The maximum absolute atomic E-state index is 11.6. The molecule has 148 valence electrons. The van der Waals surface area contributed by atoms with Crippen molar-refractivity contribution in [3.05, 3.63) is 29.8 Å². The van der Waals surface area contributed by atoms with Gasteiger partial charge in [-0.05, 0) is 31.7 Å². The lowest BCUT2D eigenvalue weighted by Gasteiger charge is -2.13. The quantitative estimate of drug-likeness (QED) is 0.297. The molecule has 0 radical (unpaired) electrons. The smallest absolute Gasteiger partial charge is 0.191 e. The fourth-order valence-corrected chi connectivity index (χ4v) is 2.94. The van der Waals surface area contributed by atoms with Crippen molar-refractivity contribution in [2.24, 2.45) is 10.9 Å². The standard InChI is InChI=1S/C18H29N3O3S.HI/c1-3-19-18(20-11-12-25(22,23)4-2)21-13-16-7-5-6-8-17(16)24-14-15-9-10-15;/h5-8,15H,3-4,9-14H2,1-2H3,(H2,19,20,21);1H. The molecule has 0 unspecified atom stereocenters. The van der Waals surface area contributed by atoms with Crippen LogP contribution >= 0.6 is 24.0 Å². The van der Waals surface area contributed by atoms with Crippen molar-refractivity contribution in [3.63, 3.8) is 0 Å². The maximum atomic E-state index is 11.6. The SMILES string of the molecule is CCNC(=NCc1ccccc1OCC1CC1)NCCS(=O)(=O)CC.I. The summed E-state index contributed by atoms with van der Waals surface area (Å²) in [4.78, 5) is 4.55. The van der Waals surface area contributed by atoms with Gasteiger partial charge < -0.3 is 15.4 Å². The third kappa shape index (κ3) is 8.57. The van der Waals surface area contributed by atoms with Crippen molar-refractivity contribution in [1.82, 2.24) is 10.6 Å². The second-order valence-electron chi connectivity index (χ2n) is 6.22. The summed E-state index contributed by atoms with van der Waals surface area (Å²) >= 11 is 0. The Kier molecular flexibility index (Phi) is 10.3. The molecule has 0 bridgehead atoms. The highest BCUT2D eigenvalue weighted by molar-refractivity contribution is 14.0. The van der Waals surface area contributed by atoms with Gasteiger partial charge in [0.15, 0.2) is 15.8 Å². The monoisotopic (exact) mass is 495 g/mol. The predicted molar refractivity (Wildman–Crippen MR) is 117 cm³/mol. The fourth-order valence-electron chi connectivity index (χ4n) is 2.24. The minimum atomic E-state index is -2.98. The van der Waals surface area contributed by atoms with Gasteiger partial charge in [-0.25, -0.2) is 13.4 Å². The van der Waals surface area contributed by atoms with Gasteiger partial charge in [-0.15, -0.1) is 24.0 Å².